The van der Waals surface area contributed by atoms with E-state index in [9.17, 15) is 19.8 Å². The van der Waals surface area contributed by atoms with E-state index >= 15 is 0 Å². The minimum atomic E-state index is -0.806. The number of amides is 2. The fraction of sp³-hybridized carbons (Fsp3) is 0.532. The zero-order valence-electron chi connectivity index (χ0n) is 47.5. The maximum Gasteiger partial charge on any atom is 0.243 e. The Bertz CT molecular complexity index is 3170. The van der Waals surface area contributed by atoms with Crippen LogP contribution in [-0.4, -0.2) is 154 Å². The number of anilines is 2. The van der Waals surface area contributed by atoms with Crippen LogP contribution >= 0.6 is 0 Å². The van der Waals surface area contributed by atoms with Crippen LogP contribution in [0.1, 0.15) is 126 Å². The number of benzene rings is 2. The van der Waals surface area contributed by atoms with Crippen LogP contribution in [0.2, 0.25) is 0 Å². The molecule has 4 aliphatic heterocycles. The Balaban J connectivity index is 0.580. The number of rotatable bonds is 16. The standard InChI is InChI=1S/C62H79N13O6/c1-39(2)59(62(79)74-38-49(76)33-55(74)61(78)66-40(3)44-12-14-46(15-13-44)54-16-23-64-70(54)5)57-34-58(69-81-57)73-28-21-51(22-29-73)80-50-19-24-71(25-20-50)36-43-30-48(31-43)72-26-17-45(18-27-72)41(4)75-37-42(35-65-75)10-11-47-32-53(67-68-60(47)63)52-8-6-7-9-56(52)77/h6-9,12-16,23,32,34-35,37,39-41,43,45,48-51,55,59,76-77H,17-22,24-31,33,36,38H2,1-5H3,(H2,63,68)(H,66,78)/t40-,41-,43?,48?,49+,55-,59+/m0/s1. The number of piperidine rings is 3. The number of aryl methyl sites for hydroxylation is 1. The van der Waals surface area contributed by atoms with Gasteiger partial charge in [-0.05, 0) is 131 Å². The minimum absolute atomic E-state index is 0.0804. The van der Waals surface area contributed by atoms with E-state index in [1.54, 1.807) is 30.5 Å². The summed E-state index contributed by atoms with van der Waals surface area (Å²) in [5.74, 6) is 7.89. The topological polar surface area (TPSA) is 222 Å². The summed E-state index contributed by atoms with van der Waals surface area (Å²) in [6, 6.07) is 20.5. The van der Waals surface area contributed by atoms with Crippen LogP contribution in [0.15, 0.2) is 89.8 Å². The van der Waals surface area contributed by atoms with Gasteiger partial charge in [-0.1, -0.05) is 67.2 Å². The molecule has 0 spiro atoms. The number of aromatic hydroxyl groups is 1. The quantitative estimate of drug-likeness (QED) is 0.0704. The van der Waals surface area contributed by atoms with E-state index in [-0.39, 0.29) is 66.6 Å². The summed E-state index contributed by atoms with van der Waals surface area (Å²) in [4.78, 5) is 37.4. The van der Waals surface area contributed by atoms with Crippen LogP contribution in [0.4, 0.5) is 11.6 Å². The Morgan fingerprint density at radius 1 is 0.864 bits per heavy atom. The third kappa shape index (κ3) is 12.7. The summed E-state index contributed by atoms with van der Waals surface area (Å²) in [5, 5.41) is 45.9. The maximum atomic E-state index is 14.4. The number of hydrogen-bond donors (Lipinski definition) is 4. The molecule has 0 radical (unpaired) electrons. The van der Waals surface area contributed by atoms with Crippen molar-refractivity contribution in [3.05, 3.63) is 108 Å². The summed E-state index contributed by atoms with van der Waals surface area (Å²) >= 11 is 0. The van der Waals surface area contributed by atoms with Crippen molar-refractivity contribution in [3.8, 4) is 40.1 Å². The Morgan fingerprint density at radius 3 is 2.30 bits per heavy atom. The molecule has 1 aliphatic carbocycles. The number of hydrogen-bond acceptors (Lipinski definition) is 15. The largest absolute Gasteiger partial charge is 0.507 e. The van der Waals surface area contributed by atoms with Gasteiger partial charge in [0.25, 0.3) is 0 Å². The second-order valence-corrected chi connectivity index (χ2v) is 23.8. The van der Waals surface area contributed by atoms with Crippen molar-refractivity contribution in [2.24, 2.45) is 24.8 Å². The number of aromatic nitrogens is 7. The molecule has 4 aromatic heterocycles. The van der Waals surface area contributed by atoms with Gasteiger partial charge in [0.2, 0.25) is 11.8 Å². The summed E-state index contributed by atoms with van der Waals surface area (Å²) in [7, 11) is 1.90. The molecule has 81 heavy (non-hydrogen) atoms. The molecule has 5 N–H and O–H groups in total. The van der Waals surface area contributed by atoms with E-state index in [2.05, 4.69) is 63.9 Å². The number of nitrogens with one attached hydrogen (secondary N) is 1. The van der Waals surface area contributed by atoms with Crippen molar-refractivity contribution in [3.63, 3.8) is 0 Å². The lowest BCUT2D eigenvalue weighted by atomic mass is 9.77. The number of likely N-dealkylation sites (tertiary alicyclic amines) is 3. The van der Waals surface area contributed by atoms with E-state index in [4.69, 9.17) is 20.1 Å². The highest BCUT2D eigenvalue weighted by atomic mass is 16.5. The highest BCUT2D eigenvalue weighted by Gasteiger charge is 2.44. The first-order valence-corrected chi connectivity index (χ1v) is 29.4. The Labute approximate surface area is 475 Å². The molecule has 0 bridgehead atoms. The van der Waals surface area contributed by atoms with Crippen molar-refractivity contribution in [1.82, 2.24) is 54.9 Å². The molecular weight excluding hydrogens is 1020 g/mol. The number of nitrogens with zero attached hydrogens (tertiary/aromatic N) is 11. The average molecular weight is 1100 g/mol. The fourth-order valence-electron chi connectivity index (χ4n) is 13.1. The molecule has 19 nitrogen and oxygen atoms in total. The number of ether oxygens (including phenoxy) is 1. The Morgan fingerprint density at radius 2 is 1.59 bits per heavy atom. The monoisotopic (exact) mass is 1100 g/mol. The zero-order valence-corrected chi connectivity index (χ0v) is 47.5. The van der Waals surface area contributed by atoms with Gasteiger partial charge in [-0.25, -0.2) is 0 Å². The lowest BCUT2D eigenvalue weighted by Gasteiger charge is -2.48. The third-order valence-corrected chi connectivity index (χ3v) is 18.1. The molecule has 428 valence electrons. The van der Waals surface area contributed by atoms with Crippen LogP contribution in [0, 0.1) is 29.6 Å². The lowest BCUT2D eigenvalue weighted by Crippen LogP contribution is -2.51. The Hall–Kier alpha value is -7.11. The van der Waals surface area contributed by atoms with Crippen LogP contribution in [0.3, 0.4) is 0 Å². The van der Waals surface area contributed by atoms with E-state index in [1.807, 2.05) is 87.4 Å². The van der Waals surface area contributed by atoms with Crippen molar-refractivity contribution < 1.29 is 29.1 Å². The number of para-hydroxylation sites is 1. The van der Waals surface area contributed by atoms with Gasteiger partial charge in [0.15, 0.2) is 17.4 Å². The maximum absolute atomic E-state index is 14.4. The molecule has 8 heterocycles. The molecule has 4 saturated heterocycles. The molecule has 2 aromatic carbocycles. The van der Waals surface area contributed by atoms with Gasteiger partial charge < -0.3 is 50.1 Å². The number of carbonyl (C=O) groups excluding carboxylic acids is 2. The molecule has 5 fully saturated rings. The fourth-order valence-corrected chi connectivity index (χ4v) is 13.1. The van der Waals surface area contributed by atoms with E-state index in [0.717, 1.165) is 106 Å². The summed E-state index contributed by atoms with van der Waals surface area (Å²) in [6.45, 7) is 15.4. The van der Waals surface area contributed by atoms with Crippen LogP contribution < -0.4 is 16.0 Å². The predicted octanol–water partition coefficient (Wildman–Crippen LogP) is 7.20. The molecule has 6 aromatic rings. The van der Waals surface area contributed by atoms with Gasteiger partial charge in [0, 0.05) is 82.8 Å². The van der Waals surface area contributed by atoms with E-state index in [1.165, 1.54) is 24.3 Å². The molecule has 1 saturated carbocycles. The van der Waals surface area contributed by atoms with Crippen molar-refractivity contribution in [2.45, 2.75) is 134 Å². The highest BCUT2D eigenvalue weighted by Crippen LogP contribution is 2.39. The molecule has 5 atom stereocenters. The number of nitrogens with two attached hydrogens (primary N) is 1. The van der Waals surface area contributed by atoms with Crippen LogP contribution in [0.25, 0.3) is 22.5 Å². The molecular formula is C62H79N13O6. The molecule has 0 unspecified atom stereocenters. The smallest absolute Gasteiger partial charge is 0.243 e. The second kappa shape index (κ2) is 24.5. The van der Waals surface area contributed by atoms with Gasteiger partial charge in [-0.3, -0.25) is 19.0 Å². The second-order valence-electron chi connectivity index (χ2n) is 23.8. The number of aliphatic hydroxyl groups excluding tert-OH is 1. The number of β-amino-alcohol motifs (C(OH)–C–C–N with tert-alkyl or cyclic N) is 1. The normalized spacial score (nSPS) is 22.8. The predicted molar refractivity (Wildman–Crippen MR) is 308 cm³/mol. The SMILES string of the molecule is CC(C)[C@@H](C(=O)N1C[C@H](O)C[C@H]1C(=O)N[C@@H](C)c1ccc(-c2ccnn2C)cc1)c1cc(N2CCC(OC3CCN(CC4CC(N5CCC([C@H](C)n6cc(C#Cc7cc(-c8ccccc8O)nnc7N)cn6)CC5)C4)CC3)CC2)no1. The highest BCUT2D eigenvalue weighted by molar-refractivity contribution is 5.91. The number of phenolic OH excluding ortho intramolecular Hbond substituents is 1. The van der Waals surface area contributed by atoms with Crippen molar-refractivity contribution in [2.75, 3.05) is 63.0 Å². The Kier molecular flexibility index (Phi) is 16.9. The molecule has 19 heteroatoms. The molecule has 5 aliphatic rings. The minimum Gasteiger partial charge on any atom is -0.507 e. The summed E-state index contributed by atoms with van der Waals surface area (Å²) in [6.07, 6.45) is 14.3. The first-order valence-electron chi connectivity index (χ1n) is 29.4. The third-order valence-electron chi connectivity index (χ3n) is 18.1. The lowest BCUT2D eigenvalue weighted by molar-refractivity contribution is -0.141. The number of aliphatic hydroxyl groups is 1. The molecule has 2 amide bonds. The van der Waals surface area contributed by atoms with Gasteiger partial charge in [0.05, 0.1) is 59.1 Å². The first-order chi connectivity index (χ1) is 39.2. The zero-order chi connectivity index (χ0) is 56.3. The first kappa shape index (κ1) is 55.8. The summed E-state index contributed by atoms with van der Waals surface area (Å²) in [5.41, 5.74) is 11.5. The van der Waals surface area contributed by atoms with Crippen molar-refractivity contribution in [1.29, 1.82) is 0 Å². The van der Waals surface area contributed by atoms with Gasteiger partial charge in [0.1, 0.15) is 17.7 Å². The number of phenols is 1. The van der Waals surface area contributed by atoms with Gasteiger partial charge >= 0.3 is 0 Å². The summed E-state index contributed by atoms with van der Waals surface area (Å²) < 4.78 is 16.6. The average Bonchev–Trinajstić information content (AvgIpc) is 4.33. The van der Waals surface area contributed by atoms with Crippen LogP contribution in [0.5, 0.6) is 5.75 Å². The van der Waals surface area contributed by atoms with Gasteiger partial charge in [-0.2, -0.15) is 10.2 Å². The molecule has 11 rings (SSSR count). The number of carbonyl (C=O) groups is 2. The van der Waals surface area contributed by atoms with Crippen molar-refractivity contribution >= 4 is 23.5 Å². The van der Waals surface area contributed by atoms with E-state index in [0.29, 0.717) is 40.4 Å². The van der Waals surface area contributed by atoms with Crippen LogP contribution in [-0.2, 0) is 21.4 Å². The number of nitrogen functional groups attached to an aromatic ring is 1. The van der Waals surface area contributed by atoms with Gasteiger partial charge in [-0.15, -0.1) is 10.2 Å². The van der Waals surface area contributed by atoms with E-state index < -0.39 is 18.1 Å².